The number of benzene rings is 1. The Kier molecular flexibility index (Phi) is 9.70. The molecular weight excluding hydrogens is 442 g/mol. The lowest BCUT2D eigenvalue weighted by atomic mass is 10.0. The maximum Gasteiger partial charge on any atom is 0.471 e. The Labute approximate surface area is 200 Å². The largest absolute Gasteiger partial charge is 0.471 e. The van der Waals surface area contributed by atoms with E-state index in [0.717, 1.165) is 10.6 Å². The van der Waals surface area contributed by atoms with Crippen LogP contribution in [0.25, 0.3) is 0 Å². The summed E-state index contributed by atoms with van der Waals surface area (Å²) in [6.07, 6.45) is -0.337. The molecule has 10 heteroatoms. The molecule has 1 saturated heterocycles. The number of hydrogen-bond donors (Lipinski definition) is 1. The van der Waals surface area contributed by atoms with E-state index in [-0.39, 0.29) is 25.4 Å². The van der Waals surface area contributed by atoms with Crippen LogP contribution in [0.3, 0.4) is 0 Å². The van der Waals surface area contributed by atoms with Gasteiger partial charge in [-0.25, -0.2) is 34.2 Å². The normalized spacial score (nSPS) is 14.5. The summed E-state index contributed by atoms with van der Waals surface area (Å²) in [5.41, 5.74) is 0.236. The molecule has 0 unspecified atom stereocenters. The monoisotopic (exact) mass is 477 g/mol. The van der Waals surface area contributed by atoms with Crippen molar-refractivity contribution in [2.45, 2.75) is 71.9 Å². The molecular formula is C24H35N3O7. The summed E-state index contributed by atoms with van der Waals surface area (Å²) in [5, 5.41) is 4.90. The van der Waals surface area contributed by atoms with Crippen LogP contribution in [0.1, 0.15) is 59.4 Å². The molecule has 188 valence electrons. The van der Waals surface area contributed by atoms with Crippen molar-refractivity contribution in [3.63, 3.8) is 0 Å². The van der Waals surface area contributed by atoms with E-state index in [1.165, 1.54) is 5.01 Å². The average Bonchev–Trinajstić information content (AvgIpc) is 3.24. The van der Waals surface area contributed by atoms with Gasteiger partial charge in [0.2, 0.25) is 0 Å². The van der Waals surface area contributed by atoms with Crippen LogP contribution in [0.2, 0.25) is 0 Å². The predicted octanol–water partition coefficient (Wildman–Crippen LogP) is 3.60. The second-order valence-electron chi connectivity index (χ2n) is 9.56. The molecule has 3 amide bonds. The summed E-state index contributed by atoms with van der Waals surface area (Å²) in [4.78, 5) is 59.3. The van der Waals surface area contributed by atoms with Gasteiger partial charge >= 0.3 is 18.2 Å². The van der Waals surface area contributed by atoms with E-state index in [4.69, 9.17) is 9.62 Å². The van der Waals surface area contributed by atoms with E-state index in [1.54, 1.807) is 20.8 Å². The number of amides is 3. The summed E-state index contributed by atoms with van der Waals surface area (Å²) >= 11 is 0. The maximum atomic E-state index is 13.2. The number of aryl methyl sites for hydroxylation is 1. The van der Waals surface area contributed by atoms with Gasteiger partial charge in [-0.2, -0.15) is 0 Å². The number of alkyl carbamates (subject to hydrolysis) is 1. The Balaban J connectivity index is 1.93. The number of rotatable bonds is 7. The van der Waals surface area contributed by atoms with Crippen LogP contribution in [-0.4, -0.2) is 58.8 Å². The molecule has 0 saturated carbocycles. The lowest BCUT2D eigenvalue weighted by Crippen LogP contribution is -2.54. The summed E-state index contributed by atoms with van der Waals surface area (Å²) in [5.74, 6) is -1.07. The fourth-order valence-corrected chi connectivity index (χ4v) is 3.41. The minimum Gasteiger partial charge on any atom is -0.444 e. The van der Waals surface area contributed by atoms with Gasteiger partial charge in [0.15, 0.2) is 0 Å². The van der Waals surface area contributed by atoms with Crippen LogP contribution < -0.4 is 5.32 Å². The van der Waals surface area contributed by atoms with Crippen molar-refractivity contribution in [2.75, 3.05) is 13.1 Å². The van der Waals surface area contributed by atoms with Crippen LogP contribution >= 0.6 is 0 Å². The number of carbonyl (C=O) groups is 4. The molecule has 0 aromatic heterocycles. The van der Waals surface area contributed by atoms with Gasteiger partial charge in [-0.15, -0.1) is 0 Å². The van der Waals surface area contributed by atoms with Crippen molar-refractivity contribution in [1.29, 1.82) is 0 Å². The van der Waals surface area contributed by atoms with E-state index < -0.39 is 35.7 Å². The zero-order valence-corrected chi connectivity index (χ0v) is 20.5. The Hall–Kier alpha value is -3.30. The molecule has 1 aliphatic heterocycles. The van der Waals surface area contributed by atoms with Crippen LogP contribution in [-0.2, 0) is 30.5 Å². The van der Waals surface area contributed by atoms with E-state index in [1.807, 2.05) is 44.2 Å². The summed E-state index contributed by atoms with van der Waals surface area (Å²) in [6, 6.07) is 8.48. The third-order valence-electron chi connectivity index (χ3n) is 4.86. The van der Waals surface area contributed by atoms with Gasteiger partial charge in [-0.05, 0) is 51.5 Å². The maximum absolute atomic E-state index is 13.2. The minimum absolute atomic E-state index is 0.0379. The third-order valence-corrected chi connectivity index (χ3v) is 4.86. The second-order valence-corrected chi connectivity index (χ2v) is 9.56. The SMILES string of the molecule is CC(C)C[C@H](NC(=O)OC(C)(C)C)C(=O)N1CCCN1C(=O)OOC(=O)CCc1ccccc1. The quantitative estimate of drug-likeness (QED) is 0.471. The van der Waals surface area contributed by atoms with Crippen molar-refractivity contribution in [2.24, 2.45) is 5.92 Å². The number of nitrogens with zero attached hydrogens (tertiary/aromatic N) is 2. The van der Waals surface area contributed by atoms with Crippen molar-refractivity contribution < 1.29 is 33.7 Å². The van der Waals surface area contributed by atoms with Gasteiger partial charge in [0.1, 0.15) is 11.6 Å². The smallest absolute Gasteiger partial charge is 0.444 e. The van der Waals surface area contributed by atoms with Crippen molar-refractivity contribution in [1.82, 2.24) is 15.3 Å². The van der Waals surface area contributed by atoms with Gasteiger partial charge in [-0.1, -0.05) is 44.2 Å². The van der Waals surface area contributed by atoms with Crippen LogP contribution in [0.4, 0.5) is 9.59 Å². The molecule has 2 rings (SSSR count). The molecule has 34 heavy (non-hydrogen) atoms. The van der Waals surface area contributed by atoms with Crippen molar-refractivity contribution in [3.8, 4) is 0 Å². The first kappa shape index (κ1) is 26.9. The zero-order valence-electron chi connectivity index (χ0n) is 20.5. The highest BCUT2D eigenvalue weighted by molar-refractivity contribution is 5.87. The lowest BCUT2D eigenvalue weighted by Gasteiger charge is -2.31. The highest BCUT2D eigenvalue weighted by atomic mass is 17.2. The molecule has 1 aromatic rings. The molecule has 1 aromatic carbocycles. The predicted molar refractivity (Wildman–Crippen MR) is 123 cm³/mol. The van der Waals surface area contributed by atoms with E-state index in [0.29, 0.717) is 19.3 Å². The first-order chi connectivity index (χ1) is 16.0. The lowest BCUT2D eigenvalue weighted by molar-refractivity contribution is -0.241. The van der Waals surface area contributed by atoms with E-state index in [2.05, 4.69) is 10.2 Å². The minimum atomic E-state index is -0.973. The Morgan fingerprint density at radius 2 is 1.65 bits per heavy atom. The molecule has 1 fully saturated rings. The number of nitrogens with one attached hydrogen (secondary N) is 1. The van der Waals surface area contributed by atoms with Gasteiger partial charge in [0.05, 0.1) is 6.42 Å². The average molecular weight is 478 g/mol. The van der Waals surface area contributed by atoms with Gasteiger partial charge in [0, 0.05) is 13.1 Å². The molecule has 0 spiro atoms. The Morgan fingerprint density at radius 1 is 1.00 bits per heavy atom. The second kappa shape index (κ2) is 12.2. The third kappa shape index (κ3) is 8.92. The van der Waals surface area contributed by atoms with E-state index >= 15 is 0 Å². The van der Waals surface area contributed by atoms with Crippen LogP contribution in [0.15, 0.2) is 30.3 Å². The topological polar surface area (TPSA) is 114 Å². The molecule has 0 aliphatic carbocycles. The molecule has 1 atom stereocenters. The molecule has 1 aliphatic rings. The molecule has 1 N–H and O–H groups in total. The van der Waals surface area contributed by atoms with Crippen molar-refractivity contribution >= 4 is 24.1 Å². The van der Waals surface area contributed by atoms with Crippen LogP contribution in [0, 0.1) is 5.92 Å². The molecule has 0 radical (unpaired) electrons. The number of hydrogen-bond acceptors (Lipinski definition) is 7. The zero-order chi connectivity index (χ0) is 25.3. The fourth-order valence-electron chi connectivity index (χ4n) is 3.41. The standard InChI is InChI=1S/C24H35N3O7/c1-17(2)16-19(25-22(30)32-24(3,4)5)21(29)26-14-9-15-27(26)23(31)34-33-20(28)13-12-18-10-7-6-8-11-18/h6-8,10-11,17,19H,9,12-16H2,1-5H3,(H,25,30)/t19-/m0/s1. The molecule has 1 heterocycles. The van der Waals surface area contributed by atoms with Gasteiger partial charge < -0.3 is 10.1 Å². The Morgan fingerprint density at radius 3 is 2.26 bits per heavy atom. The molecule has 10 nitrogen and oxygen atoms in total. The number of carbonyl (C=O) groups excluding carboxylic acids is 4. The molecule has 0 bridgehead atoms. The van der Waals surface area contributed by atoms with Crippen LogP contribution in [0.5, 0.6) is 0 Å². The summed E-state index contributed by atoms with van der Waals surface area (Å²) in [7, 11) is 0. The summed E-state index contributed by atoms with van der Waals surface area (Å²) in [6.45, 7) is 9.50. The number of ether oxygens (including phenoxy) is 1. The van der Waals surface area contributed by atoms with Gasteiger partial charge in [-0.3, -0.25) is 4.79 Å². The highest BCUT2D eigenvalue weighted by Crippen LogP contribution is 2.18. The van der Waals surface area contributed by atoms with Crippen molar-refractivity contribution in [3.05, 3.63) is 35.9 Å². The Bertz CT molecular complexity index is 852. The van der Waals surface area contributed by atoms with Gasteiger partial charge in [0.25, 0.3) is 5.91 Å². The highest BCUT2D eigenvalue weighted by Gasteiger charge is 2.37. The number of hydrazine groups is 1. The van der Waals surface area contributed by atoms with E-state index in [9.17, 15) is 19.2 Å². The first-order valence-corrected chi connectivity index (χ1v) is 11.5. The fraction of sp³-hybridized carbons (Fsp3) is 0.583. The summed E-state index contributed by atoms with van der Waals surface area (Å²) < 4.78 is 5.27. The first-order valence-electron chi connectivity index (χ1n) is 11.5.